The highest BCUT2D eigenvalue weighted by Gasteiger charge is 2.02. The minimum atomic E-state index is -0.653. The third-order valence-electron chi connectivity index (χ3n) is 1.48. The van der Waals surface area contributed by atoms with Crippen molar-refractivity contribution in [3.05, 3.63) is 29.6 Å². The van der Waals surface area contributed by atoms with E-state index in [2.05, 4.69) is 11.8 Å². The number of phenolic OH excluding ortho intramolecular Hbond substituents is 1. The number of hydrogen-bond donors (Lipinski definition) is 2. The molecule has 3 N–H and O–H groups in total. The zero-order valence-corrected chi connectivity index (χ0v) is 7.05. The maximum atomic E-state index is 12.7. The van der Waals surface area contributed by atoms with Gasteiger partial charge in [0.1, 0.15) is 0 Å². The van der Waals surface area contributed by atoms with E-state index in [0.717, 1.165) is 0 Å². The van der Waals surface area contributed by atoms with Crippen LogP contribution in [-0.2, 0) is 0 Å². The lowest BCUT2D eigenvalue weighted by Crippen LogP contribution is -1.95. The molecule has 68 valence electrons. The smallest absolute Gasteiger partial charge is 0.167 e. The molecule has 3 heteroatoms. The Balaban J connectivity index is 2.91. The molecule has 1 aromatic carbocycles. The third kappa shape index (κ3) is 2.46. The average Bonchev–Trinajstić information content (AvgIpc) is 2.13. The molecule has 0 saturated heterocycles. The molecule has 0 aliphatic rings. The van der Waals surface area contributed by atoms with E-state index in [-0.39, 0.29) is 0 Å². The molecule has 1 rings (SSSR count). The van der Waals surface area contributed by atoms with Crippen LogP contribution in [0.4, 0.5) is 4.39 Å². The molecule has 0 amide bonds. The van der Waals surface area contributed by atoms with Crippen LogP contribution in [-0.4, -0.2) is 11.7 Å². The van der Waals surface area contributed by atoms with Crippen LogP contribution in [0.25, 0.3) is 0 Å². The molecule has 0 spiro atoms. The fraction of sp³-hybridized carbons (Fsp3) is 0.200. The molecule has 1 aromatic rings. The summed E-state index contributed by atoms with van der Waals surface area (Å²) in [5, 5.41) is 9.19. The zero-order valence-electron chi connectivity index (χ0n) is 7.05. The van der Waals surface area contributed by atoms with E-state index in [1.165, 1.54) is 12.1 Å². The Hall–Kier alpha value is -1.53. The zero-order chi connectivity index (χ0) is 9.68. The predicted octanol–water partition coefficient (Wildman–Crippen LogP) is 1.23. The topological polar surface area (TPSA) is 46.2 Å². The first-order chi connectivity index (χ1) is 6.25. The Morgan fingerprint density at radius 1 is 1.46 bits per heavy atom. The highest BCUT2D eigenvalue weighted by atomic mass is 19.1. The largest absolute Gasteiger partial charge is 0.504 e. The molecule has 0 aliphatic heterocycles. The van der Waals surface area contributed by atoms with E-state index in [0.29, 0.717) is 18.5 Å². The minimum absolute atomic E-state index is 0.299. The van der Waals surface area contributed by atoms with Crippen molar-refractivity contribution >= 4 is 0 Å². The number of nitrogens with two attached hydrogens (primary N) is 1. The van der Waals surface area contributed by atoms with E-state index in [9.17, 15) is 9.50 Å². The van der Waals surface area contributed by atoms with Gasteiger partial charge in [0.25, 0.3) is 0 Å². The van der Waals surface area contributed by atoms with Crippen LogP contribution in [0.1, 0.15) is 12.0 Å². The summed E-state index contributed by atoms with van der Waals surface area (Å²) in [6.45, 7) is 0.461. The highest BCUT2D eigenvalue weighted by molar-refractivity contribution is 5.45. The molecule has 0 aliphatic carbocycles. The molecule has 0 saturated carbocycles. The average molecular weight is 179 g/mol. The number of halogens is 1. The Kier molecular flexibility index (Phi) is 3.30. The van der Waals surface area contributed by atoms with Crippen molar-refractivity contribution < 1.29 is 9.50 Å². The van der Waals surface area contributed by atoms with Crippen molar-refractivity contribution in [1.29, 1.82) is 0 Å². The monoisotopic (exact) mass is 179 g/mol. The summed E-state index contributed by atoms with van der Waals surface area (Å²) in [5.41, 5.74) is 5.52. The second-order valence-electron chi connectivity index (χ2n) is 2.48. The molecule has 0 fully saturated rings. The van der Waals surface area contributed by atoms with Gasteiger partial charge in [0, 0.05) is 13.0 Å². The lowest BCUT2D eigenvalue weighted by atomic mass is 10.2. The Morgan fingerprint density at radius 2 is 2.23 bits per heavy atom. The Bertz CT molecular complexity index is 352. The van der Waals surface area contributed by atoms with Gasteiger partial charge in [-0.1, -0.05) is 17.9 Å². The molecule has 13 heavy (non-hydrogen) atoms. The minimum Gasteiger partial charge on any atom is -0.504 e. The molecule has 2 nitrogen and oxygen atoms in total. The van der Waals surface area contributed by atoms with Crippen molar-refractivity contribution in [3.63, 3.8) is 0 Å². The number of aromatic hydroxyl groups is 1. The van der Waals surface area contributed by atoms with Crippen LogP contribution >= 0.6 is 0 Å². The fourth-order valence-corrected chi connectivity index (χ4v) is 0.846. The molecule has 0 bridgehead atoms. The van der Waals surface area contributed by atoms with Crippen LogP contribution in [0.5, 0.6) is 5.75 Å². The predicted molar refractivity (Wildman–Crippen MR) is 48.6 cm³/mol. The molecule has 0 heterocycles. The van der Waals surface area contributed by atoms with Crippen LogP contribution in [0.15, 0.2) is 18.2 Å². The summed E-state index contributed by atoms with van der Waals surface area (Å²) in [6, 6.07) is 4.24. The first kappa shape index (κ1) is 9.56. The SMILES string of the molecule is NCCC#Cc1cccc(F)c1O. The van der Waals surface area contributed by atoms with E-state index >= 15 is 0 Å². The van der Waals surface area contributed by atoms with Crippen molar-refractivity contribution in [2.24, 2.45) is 5.73 Å². The number of benzene rings is 1. The summed E-state index contributed by atoms with van der Waals surface area (Å²) in [4.78, 5) is 0. The number of phenols is 1. The van der Waals surface area contributed by atoms with Crippen molar-refractivity contribution in [1.82, 2.24) is 0 Å². The Morgan fingerprint density at radius 3 is 2.92 bits per heavy atom. The van der Waals surface area contributed by atoms with E-state index in [1.54, 1.807) is 6.07 Å². The van der Waals surface area contributed by atoms with Crippen LogP contribution in [0, 0.1) is 17.7 Å². The van der Waals surface area contributed by atoms with Crippen LogP contribution in [0.2, 0.25) is 0 Å². The van der Waals surface area contributed by atoms with Gasteiger partial charge in [0.2, 0.25) is 0 Å². The van der Waals surface area contributed by atoms with Gasteiger partial charge in [-0.15, -0.1) is 0 Å². The van der Waals surface area contributed by atoms with Crippen molar-refractivity contribution in [2.45, 2.75) is 6.42 Å². The summed E-state index contributed by atoms with van der Waals surface area (Å²) in [5.74, 6) is 4.30. The first-order valence-electron chi connectivity index (χ1n) is 3.92. The van der Waals surface area contributed by atoms with Gasteiger partial charge in [-0.05, 0) is 12.1 Å². The van der Waals surface area contributed by atoms with E-state index in [4.69, 9.17) is 5.73 Å². The first-order valence-corrected chi connectivity index (χ1v) is 3.92. The molecular formula is C10H10FNO. The van der Waals surface area contributed by atoms with Crippen LogP contribution < -0.4 is 5.73 Å². The summed E-state index contributed by atoms with van der Waals surface area (Å²) >= 11 is 0. The van der Waals surface area contributed by atoms with Gasteiger partial charge in [-0.2, -0.15) is 0 Å². The lowest BCUT2D eigenvalue weighted by Gasteiger charge is -1.96. The van der Waals surface area contributed by atoms with Crippen LogP contribution in [0.3, 0.4) is 0 Å². The van der Waals surface area contributed by atoms with E-state index < -0.39 is 11.6 Å². The lowest BCUT2D eigenvalue weighted by molar-refractivity contribution is 0.431. The van der Waals surface area contributed by atoms with Gasteiger partial charge >= 0.3 is 0 Å². The maximum Gasteiger partial charge on any atom is 0.167 e. The number of hydrogen-bond acceptors (Lipinski definition) is 2. The molecule has 0 unspecified atom stereocenters. The third-order valence-corrected chi connectivity index (χ3v) is 1.48. The van der Waals surface area contributed by atoms with Crippen molar-refractivity contribution in [2.75, 3.05) is 6.54 Å². The van der Waals surface area contributed by atoms with E-state index in [1.807, 2.05) is 0 Å². The van der Waals surface area contributed by atoms with Crippen molar-refractivity contribution in [3.8, 4) is 17.6 Å². The second-order valence-corrected chi connectivity index (χ2v) is 2.48. The molecular weight excluding hydrogens is 169 g/mol. The molecule has 0 radical (unpaired) electrons. The summed E-state index contributed by atoms with van der Waals surface area (Å²) < 4.78 is 12.7. The normalized spacial score (nSPS) is 9.08. The molecule has 0 aromatic heterocycles. The van der Waals surface area contributed by atoms with Gasteiger partial charge in [-0.3, -0.25) is 0 Å². The molecule has 0 atom stereocenters. The van der Waals surface area contributed by atoms with Gasteiger partial charge < -0.3 is 10.8 Å². The fourth-order valence-electron chi connectivity index (χ4n) is 0.846. The highest BCUT2D eigenvalue weighted by Crippen LogP contribution is 2.19. The maximum absolute atomic E-state index is 12.7. The van der Waals surface area contributed by atoms with Gasteiger partial charge in [0.05, 0.1) is 5.56 Å². The second kappa shape index (κ2) is 4.48. The summed E-state index contributed by atoms with van der Waals surface area (Å²) in [6.07, 6.45) is 0.538. The van der Waals surface area contributed by atoms with Gasteiger partial charge in [0.15, 0.2) is 11.6 Å². The number of para-hydroxylation sites is 1. The standard InChI is InChI=1S/C10H10FNO/c11-9-6-3-5-8(10(9)13)4-1-2-7-12/h3,5-6,13H,2,7,12H2. The quantitative estimate of drug-likeness (QED) is 0.637. The Labute approximate surface area is 76.2 Å². The number of rotatable bonds is 1. The van der Waals surface area contributed by atoms with Gasteiger partial charge in [-0.25, -0.2) is 4.39 Å². The summed E-state index contributed by atoms with van der Waals surface area (Å²) in [7, 11) is 0.